The SMILES string of the molecule is O=C(O)[C@H]1CC(=O)N(c2ccccc2O)C1. The Morgan fingerprint density at radius 3 is 2.62 bits per heavy atom. The quantitative estimate of drug-likeness (QED) is 0.775. The minimum atomic E-state index is -0.980. The van der Waals surface area contributed by atoms with Crippen molar-refractivity contribution in [2.75, 3.05) is 11.4 Å². The summed E-state index contributed by atoms with van der Waals surface area (Å²) in [5.41, 5.74) is 0.372. The minimum Gasteiger partial charge on any atom is -0.506 e. The average molecular weight is 221 g/mol. The highest BCUT2D eigenvalue weighted by Crippen LogP contribution is 2.31. The van der Waals surface area contributed by atoms with E-state index in [0.29, 0.717) is 5.69 Å². The van der Waals surface area contributed by atoms with Crippen LogP contribution < -0.4 is 4.90 Å². The lowest BCUT2D eigenvalue weighted by Crippen LogP contribution is -2.25. The number of carbonyl (C=O) groups is 2. The fourth-order valence-corrected chi connectivity index (χ4v) is 1.80. The molecule has 2 rings (SSSR count). The number of phenols is 1. The number of aromatic hydroxyl groups is 1. The summed E-state index contributed by atoms with van der Waals surface area (Å²) >= 11 is 0. The maximum absolute atomic E-state index is 11.6. The lowest BCUT2D eigenvalue weighted by Gasteiger charge is -2.17. The Hall–Kier alpha value is -2.04. The molecule has 2 N–H and O–H groups in total. The average Bonchev–Trinajstić information content (AvgIpc) is 2.61. The highest BCUT2D eigenvalue weighted by atomic mass is 16.4. The van der Waals surface area contributed by atoms with E-state index in [1.165, 1.54) is 11.0 Å². The van der Waals surface area contributed by atoms with Crippen LogP contribution in [0.25, 0.3) is 0 Å². The molecular formula is C11H11NO4. The van der Waals surface area contributed by atoms with Gasteiger partial charge in [-0.15, -0.1) is 0 Å². The number of hydrogen-bond donors (Lipinski definition) is 2. The van der Waals surface area contributed by atoms with Gasteiger partial charge in [0.25, 0.3) is 0 Å². The number of anilines is 1. The molecule has 0 aliphatic carbocycles. The van der Waals surface area contributed by atoms with Crippen LogP contribution in [0.3, 0.4) is 0 Å². The summed E-state index contributed by atoms with van der Waals surface area (Å²) in [5.74, 6) is -1.95. The number of phenolic OH excluding ortho intramolecular Hbond substituents is 1. The Morgan fingerprint density at radius 1 is 1.38 bits per heavy atom. The molecule has 1 aliphatic rings. The lowest BCUT2D eigenvalue weighted by atomic mass is 10.1. The zero-order chi connectivity index (χ0) is 11.7. The number of aliphatic carboxylic acids is 1. The van der Waals surface area contributed by atoms with Crippen molar-refractivity contribution in [1.82, 2.24) is 0 Å². The highest BCUT2D eigenvalue weighted by Gasteiger charge is 2.35. The van der Waals surface area contributed by atoms with E-state index in [4.69, 9.17) is 5.11 Å². The van der Waals surface area contributed by atoms with Crippen molar-refractivity contribution in [3.63, 3.8) is 0 Å². The van der Waals surface area contributed by atoms with E-state index in [1.54, 1.807) is 18.2 Å². The molecule has 1 heterocycles. The van der Waals surface area contributed by atoms with Crippen LogP contribution in [0.2, 0.25) is 0 Å². The number of carboxylic acid groups (broad SMARTS) is 1. The fraction of sp³-hybridized carbons (Fsp3) is 0.273. The number of carbonyl (C=O) groups excluding carboxylic acids is 1. The molecule has 84 valence electrons. The number of nitrogens with zero attached hydrogens (tertiary/aromatic N) is 1. The van der Waals surface area contributed by atoms with E-state index in [9.17, 15) is 14.7 Å². The van der Waals surface area contributed by atoms with Crippen molar-refractivity contribution in [2.45, 2.75) is 6.42 Å². The summed E-state index contributed by atoms with van der Waals surface area (Å²) in [6.45, 7) is 0.117. The van der Waals surface area contributed by atoms with Crippen LogP contribution in [0.5, 0.6) is 5.75 Å². The van der Waals surface area contributed by atoms with Crippen LogP contribution >= 0.6 is 0 Å². The number of rotatable bonds is 2. The molecule has 0 bridgehead atoms. The van der Waals surface area contributed by atoms with Gasteiger partial charge in [0.15, 0.2) is 0 Å². The molecule has 1 saturated heterocycles. The van der Waals surface area contributed by atoms with Gasteiger partial charge in [0.05, 0.1) is 11.6 Å². The van der Waals surface area contributed by atoms with Crippen molar-refractivity contribution >= 4 is 17.6 Å². The lowest BCUT2D eigenvalue weighted by molar-refractivity contribution is -0.141. The van der Waals surface area contributed by atoms with Gasteiger partial charge in [0, 0.05) is 13.0 Å². The molecule has 1 aromatic rings. The molecule has 0 spiro atoms. The van der Waals surface area contributed by atoms with E-state index in [0.717, 1.165) is 0 Å². The van der Waals surface area contributed by atoms with E-state index in [2.05, 4.69) is 0 Å². The van der Waals surface area contributed by atoms with Crippen LogP contribution in [-0.2, 0) is 9.59 Å². The van der Waals surface area contributed by atoms with Crippen LogP contribution in [0, 0.1) is 5.92 Å². The molecule has 1 amide bonds. The van der Waals surface area contributed by atoms with Crippen LogP contribution in [0.1, 0.15) is 6.42 Å². The van der Waals surface area contributed by atoms with Crippen LogP contribution in [0.4, 0.5) is 5.69 Å². The topological polar surface area (TPSA) is 77.8 Å². The largest absolute Gasteiger partial charge is 0.506 e. The first-order valence-electron chi connectivity index (χ1n) is 4.90. The van der Waals surface area contributed by atoms with Crippen molar-refractivity contribution in [3.8, 4) is 5.75 Å². The van der Waals surface area contributed by atoms with Gasteiger partial charge in [0.1, 0.15) is 5.75 Å². The van der Waals surface area contributed by atoms with Gasteiger partial charge in [-0.1, -0.05) is 12.1 Å². The number of amides is 1. The maximum Gasteiger partial charge on any atom is 0.308 e. The van der Waals surface area contributed by atoms with Gasteiger partial charge in [-0.05, 0) is 12.1 Å². The van der Waals surface area contributed by atoms with Gasteiger partial charge in [-0.2, -0.15) is 0 Å². The Kier molecular flexibility index (Phi) is 2.52. The second kappa shape index (κ2) is 3.84. The molecule has 1 aromatic carbocycles. The molecule has 0 aromatic heterocycles. The predicted molar refractivity (Wildman–Crippen MR) is 56.2 cm³/mol. The van der Waals surface area contributed by atoms with E-state index >= 15 is 0 Å². The van der Waals surface area contributed by atoms with Crippen LogP contribution in [-0.4, -0.2) is 28.6 Å². The van der Waals surface area contributed by atoms with Crippen molar-refractivity contribution < 1.29 is 19.8 Å². The summed E-state index contributed by atoms with van der Waals surface area (Å²) < 4.78 is 0. The second-order valence-corrected chi connectivity index (χ2v) is 3.73. The first-order valence-corrected chi connectivity index (χ1v) is 4.90. The number of para-hydroxylation sites is 2. The standard InChI is InChI=1S/C11H11NO4/c13-9-4-2-1-3-8(9)12-6-7(11(15)16)5-10(12)14/h1-4,7,13H,5-6H2,(H,15,16)/t7-/m0/s1. The van der Waals surface area contributed by atoms with Gasteiger partial charge in [0.2, 0.25) is 5.91 Å². The monoisotopic (exact) mass is 221 g/mol. The Labute approximate surface area is 91.9 Å². The van der Waals surface area contributed by atoms with Crippen LogP contribution in [0.15, 0.2) is 24.3 Å². The molecule has 1 atom stereocenters. The Balaban J connectivity index is 2.27. The Bertz CT molecular complexity index is 443. The molecule has 1 fully saturated rings. The third-order valence-electron chi connectivity index (χ3n) is 2.65. The number of hydrogen-bond acceptors (Lipinski definition) is 3. The smallest absolute Gasteiger partial charge is 0.308 e. The third-order valence-corrected chi connectivity index (χ3v) is 2.65. The van der Waals surface area contributed by atoms with Crippen molar-refractivity contribution in [1.29, 1.82) is 0 Å². The van der Waals surface area contributed by atoms with Gasteiger partial charge in [-0.25, -0.2) is 0 Å². The summed E-state index contributed by atoms with van der Waals surface area (Å²) in [4.78, 5) is 23.7. The molecule has 0 unspecified atom stereocenters. The zero-order valence-electron chi connectivity index (χ0n) is 8.46. The van der Waals surface area contributed by atoms with Crippen molar-refractivity contribution in [2.24, 2.45) is 5.92 Å². The van der Waals surface area contributed by atoms with Crippen molar-refractivity contribution in [3.05, 3.63) is 24.3 Å². The zero-order valence-corrected chi connectivity index (χ0v) is 8.46. The first kappa shape index (κ1) is 10.5. The molecular weight excluding hydrogens is 210 g/mol. The van der Waals surface area contributed by atoms with E-state index < -0.39 is 11.9 Å². The molecule has 5 heteroatoms. The summed E-state index contributed by atoms with van der Waals surface area (Å²) in [5, 5.41) is 18.4. The maximum atomic E-state index is 11.6. The minimum absolute atomic E-state index is 0.0103. The molecule has 16 heavy (non-hydrogen) atoms. The first-order chi connectivity index (χ1) is 7.59. The molecule has 1 aliphatic heterocycles. The summed E-state index contributed by atoms with van der Waals surface area (Å²) in [6, 6.07) is 6.40. The fourth-order valence-electron chi connectivity index (χ4n) is 1.80. The number of carboxylic acids is 1. The summed E-state index contributed by atoms with van der Waals surface area (Å²) in [7, 11) is 0. The summed E-state index contributed by atoms with van der Waals surface area (Å²) in [6.07, 6.45) is -0.0103. The highest BCUT2D eigenvalue weighted by molar-refractivity contribution is 6.00. The normalized spacial score (nSPS) is 20.1. The van der Waals surface area contributed by atoms with E-state index in [-0.39, 0.29) is 24.6 Å². The second-order valence-electron chi connectivity index (χ2n) is 3.73. The molecule has 0 radical (unpaired) electrons. The van der Waals surface area contributed by atoms with E-state index in [1.807, 2.05) is 0 Å². The third kappa shape index (κ3) is 1.71. The molecule has 5 nitrogen and oxygen atoms in total. The van der Waals surface area contributed by atoms with Gasteiger partial charge < -0.3 is 15.1 Å². The molecule has 0 saturated carbocycles. The van der Waals surface area contributed by atoms with Gasteiger partial charge in [-0.3, -0.25) is 9.59 Å². The Morgan fingerprint density at radius 2 is 2.06 bits per heavy atom. The number of benzene rings is 1. The van der Waals surface area contributed by atoms with Gasteiger partial charge >= 0.3 is 5.97 Å². The predicted octanol–water partition coefficient (Wildman–Crippen LogP) is 0.830.